The van der Waals surface area contributed by atoms with Gasteiger partial charge in [0.15, 0.2) is 0 Å². The van der Waals surface area contributed by atoms with Crippen LogP contribution in [0, 0.1) is 0 Å². The summed E-state index contributed by atoms with van der Waals surface area (Å²) in [6.45, 7) is 13.2. The summed E-state index contributed by atoms with van der Waals surface area (Å²) in [5.41, 5.74) is 1.39. The SMILES string of the molecule is CC(C)(C)OC(=O)N1CCC[C@@H](NC(=O)c2ccc(C(C)(C)C)cc2)C1. The molecule has 2 amide bonds. The number of carbonyl (C=O) groups is 2. The first-order chi connectivity index (χ1) is 12.0. The average molecular weight is 360 g/mol. The highest BCUT2D eigenvalue weighted by Gasteiger charge is 2.28. The van der Waals surface area contributed by atoms with Crippen LogP contribution in [0.25, 0.3) is 0 Å². The van der Waals surface area contributed by atoms with Crippen LogP contribution in [0.4, 0.5) is 4.79 Å². The van der Waals surface area contributed by atoms with Crippen molar-refractivity contribution in [2.45, 2.75) is 71.4 Å². The van der Waals surface area contributed by atoms with E-state index in [0.717, 1.165) is 12.8 Å². The molecule has 0 unspecified atom stereocenters. The van der Waals surface area contributed by atoms with Gasteiger partial charge in [0.1, 0.15) is 5.60 Å². The van der Waals surface area contributed by atoms with Crippen molar-refractivity contribution in [2.24, 2.45) is 0 Å². The van der Waals surface area contributed by atoms with Gasteiger partial charge in [-0.05, 0) is 56.7 Å². The Hall–Kier alpha value is -2.04. The Labute approximate surface area is 157 Å². The maximum absolute atomic E-state index is 12.5. The van der Waals surface area contributed by atoms with Crippen molar-refractivity contribution in [1.29, 1.82) is 0 Å². The molecule has 1 heterocycles. The van der Waals surface area contributed by atoms with Crippen LogP contribution in [-0.2, 0) is 10.2 Å². The third-order valence-electron chi connectivity index (χ3n) is 4.42. The molecule has 144 valence electrons. The summed E-state index contributed by atoms with van der Waals surface area (Å²) >= 11 is 0. The molecule has 1 aliphatic heterocycles. The molecular weight excluding hydrogens is 328 g/mol. The second-order valence-electron chi connectivity index (χ2n) is 9.07. The standard InChI is InChI=1S/C21H32N2O3/c1-20(2,3)16-11-9-15(10-12-16)18(24)22-17-8-7-13-23(14-17)19(25)26-21(4,5)6/h9-12,17H,7-8,13-14H2,1-6H3,(H,22,24)/t17-/m1/s1. The Morgan fingerprint density at radius 3 is 2.23 bits per heavy atom. The molecule has 0 aliphatic carbocycles. The number of ether oxygens (including phenoxy) is 1. The molecule has 26 heavy (non-hydrogen) atoms. The highest BCUT2D eigenvalue weighted by molar-refractivity contribution is 5.94. The monoisotopic (exact) mass is 360 g/mol. The lowest BCUT2D eigenvalue weighted by atomic mass is 9.86. The summed E-state index contributed by atoms with van der Waals surface area (Å²) in [6.07, 6.45) is 1.41. The molecule has 1 saturated heterocycles. The lowest BCUT2D eigenvalue weighted by Gasteiger charge is -2.34. The van der Waals surface area contributed by atoms with Crippen LogP contribution in [0.5, 0.6) is 0 Å². The fourth-order valence-corrected chi connectivity index (χ4v) is 2.98. The number of benzene rings is 1. The average Bonchev–Trinajstić information content (AvgIpc) is 2.53. The number of piperidine rings is 1. The molecule has 1 aromatic rings. The zero-order valence-electron chi connectivity index (χ0n) is 16.9. The molecule has 0 spiro atoms. The van der Waals surface area contributed by atoms with E-state index in [1.54, 1.807) is 4.90 Å². The summed E-state index contributed by atoms with van der Waals surface area (Å²) in [6, 6.07) is 7.69. The van der Waals surface area contributed by atoms with Gasteiger partial charge < -0.3 is 15.0 Å². The highest BCUT2D eigenvalue weighted by Crippen LogP contribution is 2.22. The summed E-state index contributed by atoms with van der Waals surface area (Å²) in [4.78, 5) is 26.5. The number of nitrogens with one attached hydrogen (secondary N) is 1. The lowest BCUT2D eigenvalue weighted by molar-refractivity contribution is 0.0185. The van der Waals surface area contributed by atoms with Crippen molar-refractivity contribution in [3.63, 3.8) is 0 Å². The first kappa shape index (κ1) is 20.3. The van der Waals surface area contributed by atoms with Crippen molar-refractivity contribution in [2.75, 3.05) is 13.1 Å². The molecule has 2 rings (SSSR count). The largest absolute Gasteiger partial charge is 0.444 e. The van der Waals surface area contributed by atoms with Gasteiger partial charge in [0.05, 0.1) is 0 Å². The maximum Gasteiger partial charge on any atom is 0.410 e. The number of hydrogen-bond acceptors (Lipinski definition) is 3. The lowest BCUT2D eigenvalue weighted by Crippen LogP contribution is -2.50. The van der Waals surface area contributed by atoms with Crippen molar-refractivity contribution < 1.29 is 14.3 Å². The molecule has 1 atom stereocenters. The van der Waals surface area contributed by atoms with Gasteiger partial charge in [0.25, 0.3) is 5.91 Å². The van der Waals surface area contributed by atoms with Gasteiger partial charge >= 0.3 is 6.09 Å². The van der Waals surface area contributed by atoms with E-state index in [4.69, 9.17) is 4.74 Å². The summed E-state index contributed by atoms with van der Waals surface area (Å²) < 4.78 is 5.43. The van der Waals surface area contributed by atoms with E-state index in [2.05, 4.69) is 26.1 Å². The number of nitrogens with zero attached hydrogens (tertiary/aromatic N) is 1. The predicted octanol–water partition coefficient (Wildman–Crippen LogP) is 4.11. The third-order valence-corrected chi connectivity index (χ3v) is 4.42. The Morgan fingerprint density at radius 1 is 1.08 bits per heavy atom. The molecule has 1 fully saturated rings. The van der Waals surface area contributed by atoms with Gasteiger partial charge in [-0.2, -0.15) is 0 Å². The first-order valence-electron chi connectivity index (χ1n) is 9.35. The Morgan fingerprint density at radius 2 is 1.69 bits per heavy atom. The molecule has 5 nitrogen and oxygen atoms in total. The number of amides is 2. The van der Waals surface area contributed by atoms with Gasteiger partial charge in [0, 0.05) is 24.7 Å². The fraction of sp³-hybridized carbons (Fsp3) is 0.619. The van der Waals surface area contributed by atoms with E-state index >= 15 is 0 Å². The molecule has 1 aromatic carbocycles. The van der Waals surface area contributed by atoms with Gasteiger partial charge in [-0.3, -0.25) is 4.79 Å². The minimum Gasteiger partial charge on any atom is -0.444 e. The summed E-state index contributed by atoms with van der Waals surface area (Å²) in [5.74, 6) is -0.0958. The number of hydrogen-bond donors (Lipinski definition) is 1. The number of likely N-dealkylation sites (tertiary alicyclic amines) is 1. The first-order valence-corrected chi connectivity index (χ1v) is 9.35. The topological polar surface area (TPSA) is 58.6 Å². The van der Waals surface area contributed by atoms with Crippen LogP contribution >= 0.6 is 0 Å². The molecule has 0 saturated carbocycles. The molecule has 0 bridgehead atoms. The molecule has 0 aromatic heterocycles. The molecule has 1 N–H and O–H groups in total. The van der Waals surface area contributed by atoms with Gasteiger partial charge in [-0.1, -0.05) is 32.9 Å². The van der Waals surface area contributed by atoms with Crippen LogP contribution in [0.2, 0.25) is 0 Å². The van der Waals surface area contributed by atoms with Crippen LogP contribution in [0.1, 0.15) is 70.3 Å². The van der Waals surface area contributed by atoms with Gasteiger partial charge in [0.2, 0.25) is 0 Å². The van der Waals surface area contributed by atoms with Crippen molar-refractivity contribution in [3.8, 4) is 0 Å². The van der Waals surface area contributed by atoms with E-state index < -0.39 is 5.60 Å². The zero-order valence-corrected chi connectivity index (χ0v) is 16.9. The van der Waals surface area contributed by atoms with E-state index in [-0.39, 0.29) is 23.5 Å². The quantitative estimate of drug-likeness (QED) is 0.863. The summed E-state index contributed by atoms with van der Waals surface area (Å²) in [7, 11) is 0. The van der Waals surface area contributed by atoms with Crippen LogP contribution in [0.3, 0.4) is 0 Å². The van der Waals surface area contributed by atoms with Crippen molar-refractivity contribution >= 4 is 12.0 Å². The van der Waals surface area contributed by atoms with Gasteiger partial charge in [-0.15, -0.1) is 0 Å². The number of carbonyl (C=O) groups excluding carboxylic acids is 2. The van der Waals surface area contributed by atoms with Crippen molar-refractivity contribution in [3.05, 3.63) is 35.4 Å². The third kappa shape index (κ3) is 5.75. The minimum absolute atomic E-state index is 0.0499. The molecule has 5 heteroatoms. The van der Waals surface area contributed by atoms with E-state index in [9.17, 15) is 9.59 Å². The van der Waals surface area contributed by atoms with E-state index in [0.29, 0.717) is 18.7 Å². The van der Waals surface area contributed by atoms with Crippen molar-refractivity contribution in [1.82, 2.24) is 10.2 Å². The minimum atomic E-state index is -0.512. The second-order valence-corrected chi connectivity index (χ2v) is 9.07. The Bertz CT molecular complexity index is 639. The molecule has 0 radical (unpaired) electrons. The maximum atomic E-state index is 12.5. The Kier molecular flexibility index (Phi) is 5.99. The van der Waals surface area contributed by atoms with Crippen LogP contribution in [-0.4, -0.2) is 41.6 Å². The second kappa shape index (κ2) is 7.68. The Balaban J connectivity index is 1.95. The molecular formula is C21H32N2O3. The van der Waals surface area contributed by atoms with E-state index in [1.807, 2.05) is 45.0 Å². The summed E-state index contributed by atoms with van der Waals surface area (Å²) in [5, 5.41) is 3.05. The smallest absolute Gasteiger partial charge is 0.410 e. The predicted molar refractivity (Wildman–Crippen MR) is 103 cm³/mol. The van der Waals surface area contributed by atoms with E-state index in [1.165, 1.54) is 5.56 Å². The van der Waals surface area contributed by atoms with Crippen LogP contribution in [0.15, 0.2) is 24.3 Å². The highest BCUT2D eigenvalue weighted by atomic mass is 16.6. The van der Waals surface area contributed by atoms with Gasteiger partial charge in [-0.25, -0.2) is 4.79 Å². The normalized spacial score (nSPS) is 18.4. The van der Waals surface area contributed by atoms with Crippen LogP contribution < -0.4 is 5.32 Å². The zero-order chi connectivity index (χ0) is 19.5. The number of rotatable bonds is 2. The molecule has 1 aliphatic rings. The fourth-order valence-electron chi connectivity index (χ4n) is 2.98.